The highest BCUT2D eigenvalue weighted by Crippen LogP contribution is 2.26. The molecular formula is C16H26N2. The predicted octanol–water partition coefficient (Wildman–Crippen LogP) is 2.78. The summed E-state index contributed by atoms with van der Waals surface area (Å²) < 4.78 is 0. The molecule has 0 amide bonds. The molecule has 1 N–H and O–H groups in total. The van der Waals surface area contributed by atoms with Gasteiger partial charge in [-0.15, -0.1) is 0 Å². The maximum atomic E-state index is 3.47. The van der Waals surface area contributed by atoms with Gasteiger partial charge in [-0.05, 0) is 36.1 Å². The number of nitrogens with one attached hydrogen (secondary N) is 1. The molecule has 1 aromatic carbocycles. The smallest absolute Gasteiger partial charge is 0.0237 e. The molecule has 0 aromatic heterocycles. The highest BCUT2D eigenvalue weighted by molar-refractivity contribution is 5.32. The lowest BCUT2D eigenvalue weighted by molar-refractivity contribution is 0.282. The van der Waals surface area contributed by atoms with E-state index in [0.29, 0.717) is 0 Å². The Balaban J connectivity index is 2.13. The van der Waals surface area contributed by atoms with Gasteiger partial charge in [0, 0.05) is 19.6 Å². The zero-order chi connectivity index (χ0) is 13.0. The van der Waals surface area contributed by atoms with Crippen LogP contribution in [0.4, 0.5) is 0 Å². The lowest BCUT2D eigenvalue weighted by Gasteiger charge is -2.26. The molecule has 0 aliphatic carbocycles. The Morgan fingerprint density at radius 1 is 1.11 bits per heavy atom. The Morgan fingerprint density at radius 3 is 2.67 bits per heavy atom. The predicted molar refractivity (Wildman–Crippen MR) is 77.9 cm³/mol. The molecule has 0 spiro atoms. The second kappa shape index (κ2) is 5.85. The first kappa shape index (κ1) is 13.6. The van der Waals surface area contributed by atoms with E-state index in [9.17, 15) is 0 Å². The van der Waals surface area contributed by atoms with Gasteiger partial charge in [0.2, 0.25) is 0 Å². The van der Waals surface area contributed by atoms with Crippen molar-refractivity contribution in [2.24, 2.45) is 0 Å². The zero-order valence-corrected chi connectivity index (χ0v) is 12.0. The minimum Gasteiger partial charge on any atom is -0.315 e. The molecule has 2 nitrogen and oxygen atoms in total. The first-order valence-electron chi connectivity index (χ1n) is 7.09. The summed E-state index contributed by atoms with van der Waals surface area (Å²) in [5.41, 5.74) is 3.22. The van der Waals surface area contributed by atoms with Crippen molar-refractivity contribution >= 4 is 0 Å². The summed E-state index contributed by atoms with van der Waals surface area (Å²) >= 11 is 0. The molecule has 1 fully saturated rings. The molecule has 2 heteroatoms. The van der Waals surface area contributed by atoms with Crippen molar-refractivity contribution in [1.82, 2.24) is 10.2 Å². The lowest BCUT2D eigenvalue weighted by Crippen LogP contribution is -2.29. The summed E-state index contributed by atoms with van der Waals surface area (Å²) in [6.07, 6.45) is 1.26. The molecule has 0 radical (unpaired) electrons. The second-order valence-corrected chi connectivity index (χ2v) is 6.29. The Kier molecular flexibility index (Phi) is 4.41. The van der Waals surface area contributed by atoms with Crippen LogP contribution < -0.4 is 5.32 Å². The quantitative estimate of drug-likeness (QED) is 0.863. The molecule has 0 atom stereocenters. The first-order valence-corrected chi connectivity index (χ1v) is 7.09. The van der Waals surface area contributed by atoms with Crippen LogP contribution in [0.25, 0.3) is 0 Å². The molecule has 0 saturated carbocycles. The molecular weight excluding hydrogens is 220 g/mol. The summed E-state index contributed by atoms with van der Waals surface area (Å²) in [6, 6.07) is 8.90. The van der Waals surface area contributed by atoms with Gasteiger partial charge in [0.1, 0.15) is 0 Å². The van der Waals surface area contributed by atoms with Crippen molar-refractivity contribution in [3.63, 3.8) is 0 Å². The fourth-order valence-corrected chi connectivity index (χ4v) is 2.69. The van der Waals surface area contributed by atoms with Gasteiger partial charge in [-0.1, -0.05) is 45.0 Å². The summed E-state index contributed by atoms with van der Waals surface area (Å²) in [5.74, 6) is 0. The molecule has 0 bridgehead atoms. The van der Waals surface area contributed by atoms with Crippen LogP contribution in [0.1, 0.15) is 38.3 Å². The number of rotatable bonds is 2. The molecule has 1 aromatic rings. The van der Waals surface area contributed by atoms with Gasteiger partial charge >= 0.3 is 0 Å². The maximum Gasteiger partial charge on any atom is 0.0237 e. The minimum atomic E-state index is 0.237. The largest absolute Gasteiger partial charge is 0.315 e. The number of benzene rings is 1. The third-order valence-corrected chi connectivity index (χ3v) is 3.65. The topological polar surface area (TPSA) is 15.3 Å². The fraction of sp³-hybridized carbons (Fsp3) is 0.625. The fourth-order valence-electron chi connectivity index (χ4n) is 2.69. The van der Waals surface area contributed by atoms with Gasteiger partial charge in [-0.25, -0.2) is 0 Å². The van der Waals surface area contributed by atoms with E-state index >= 15 is 0 Å². The average Bonchev–Trinajstić information content (AvgIpc) is 2.57. The van der Waals surface area contributed by atoms with Crippen LogP contribution in [-0.4, -0.2) is 31.1 Å². The Labute approximate surface area is 111 Å². The van der Waals surface area contributed by atoms with E-state index < -0.39 is 0 Å². The number of nitrogens with zero attached hydrogens (tertiary/aromatic N) is 1. The van der Waals surface area contributed by atoms with Gasteiger partial charge in [0.25, 0.3) is 0 Å². The Morgan fingerprint density at radius 2 is 1.89 bits per heavy atom. The van der Waals surface area contributed by atoms with Crippen LogP contribution in [0.15, 0.2) is 24.3 Å². The van der Waals surface area contributed by atoms with Crippen LogP contribution >= 0.6 is 0 Å². The van der Waals surface area contributed by atoms with Crippen LogP contribution in [0, 0.1) is 0 Å². The molecule has 18 heavy (non-hydrogen) atoms. The molecule has 2 rings (SSSR count). The van der Waals surface area contributed by atoms with Gasteiger partial charge in [0.15, 0.2) is 0 Å². The van der Waals surface area contributed by atoms with Crippen LogP contribution in [0.2, 0.25) is 0 Å². The van der Waals surface area contributed by atoms with E-state index in [-0.39, 0.29) is 5.41 Å². The number of hydrogen-bond donors (Lipinski definition) is 1. The average molecular weight is 246 g/mol. The van der Waals surface area contributed by atoms with Crippen LogP contribution in [0.5, 0.6) is 0 Å². The van der Waals surface area contributed by atoms with E-state index in [1.165, 1.54) is 30.6 Å². The first-order chi connectivity index (χ1) is 8.57. The molecule has 0 unspecified atom stereocenters. The number of hydrogen-bond acceptors (Lipinski definition) is 2. The Bertz CT molecular complexity index is 371. The summed E-state index contributed by atoms with van der Waals surface area (Å²) in [5, 5.41) is 3.47. The summed E-state index contributed by atoms with van der Waals surface area (Å²) in [6.45, 7) is 12.7. The van der Waals surface area contributed by atoms with Gasteiger partial charge in [0.05, 0.1) is 0 Å². The minimum absolute atomic E-state index is 0.237. The molecule has 1 aliphatic rings. The van der Waals surface area contributed by atoms with Crippen molar-refractivity contribution in [3.8, 4) is 0 Å². The van der Waals surface area contributed by atoms with Crippen LogP contribution in [-0.2, 0) is 12.0 Å². The van der Waals surface area contributed by atoms with E-state index in [1.54, 1.807) is 0 Å². The van der Waals surface area contributed by atoms with E-state index in [2.05, 4.69) is 55.3 Å². The van der Waals surface area contributed by atoms with E-state index in [0.717, 1.165) is 19.6 Å². The van der Waals surface area contributed by atoms with Crippen LogP contribution in [0.3, 0.4) is 0 Å². The van der Waals surface area contributed by atoms with Gasteiger partial charge < -0.3 is 5.32 Å². The SMILES string of the molecule is CC(C)(C)c1ccccc1CN1CCCNCC1. The molecule has 1 heterocycles. The molecule has 100 valence electrons. The third kappa shape index (κ3) is 3.56. The maximum absolute atomic E-state index is 3.47. The summed E-state index contributed by atoms with van der Waals surface area (Å²) in [7, 11) is 0. The van der Waals surface area contributed by atoms with E-state index in [4.69, 9.17) is 0 Å². The lowest BCUT2D eigenvalue weighted by atomic mass is 9.83. The Hall–Kier alpha value is -0.860. The monoisotopic (exact) mass is 246 g/mol. The summed E-state index contributed by atoms with van der Waals surface area (Å²) in [4.78, 5) is 2.57. The van der Waals surface area contributed by atoms with Crippen molar-refractivity contribution in [2.45, 2.75) is 39.2 Å². The van der Waals surface area contributed by atoms with Crippen molar-refractivity contribution in [1.29, 1.82) is 0 Å². The van der Waals surface area contributed by atoms with Gasteiger partial charge in [-0.3, -0.25) is 4.90 Å². The zero-order valence-electron chi connectivity index (χ0n) is 12.0. The van der Waals surface area contributed by atoms with E-state index in [1.807, 2.05) is 0 Å². The van der Waals surface area contributed by atoms with Crippen molar-refractivity contribution < 1.29 is 0 Å². The standard InChI is InChI=1S/C16H26N2/c1-16(2,3)15-8-5-4-7-14(15)13-18-11-6-9-17-10-12-18/h4-5,7-8,17H,6,9-13H2,1-3H3. The van der Waals surface area contributed by atoms with Gasteiger partial charge in [-0.2, -0.15) is 0 Å². The molecule has 1 aliphatic heterocycles. The van der Waals surface area contributed by atoms with Crippen molar-refractivity contribution in [2.75, 3.05) is 26.2 Å². The molecule has 1 saturated heterocycles. The van der Waals surface area contributed by atoms with Crippen molar-refractivity contribution in [3.05, 3.63) is 35.4 Å². The third-order valence-electron chi connectivity index (χ3n) is 3.65. The highest BCUT2D eigenvalue weighted by Gasteiger charge is 2.19. The second-order valence-electron chi connectivity index (χ2n) is 6.29. The normalized spacial score (nSPS) is 18.6. The highest BCUT2D eigenvalue weighted by atomic mass is 15.1.